The third-order valence-electron chi connectivity index (χ3n) is 12.0. The number of methoxy groups -OCH3 is 1. The highest BCUT2D eigenvalue weighted by molar-refractivity contribution is 6.31. The molecular weight excluding hydrogens is 862 g/mol. The van der Waals surface area contributed by atoms with Gasteiger partial charge in [-0.15, -0.1) is 5.10 Å². The van der Waals surface area contributed by atoms with Crippen molar-refractivity contribution >= 4 is 17.3 Å². The van der Waals surface area contributed by atoms with Crippen LogP contribution in [0.3, 0.4) is 0 Å². The number of carbonyl (C=O) groups is 2. The third kappa shape index (κ3) is 9.94. The van der Waals surface area contributed by atoms with Crippen LogP contribution in [0.1, 0.15) is 74.5 Å². The second kappa shape index (κ2) is 20.5. The van der Waals surface area contributed by atoms with Gasteiger partial charge < -0.3 is 84.9 Å². The SMILES string of the molecule is COc1cccc2c1C(=O)c1c(O)c3c(c(O)c1C2=O)C[C@@](O)(/C(CO)=N/CCOCCOCCOCc1cn(C[C@@H]2O[C@@H](O)[C@@H](O)[C@@H](O)[C@@H]2O)nn1)C[C@@H]3O[C@H]1C[C@H](N)[C@@H](O)[C@H](C)O1. The van der Waals surface area contributed by atoms with Gasteiger partial charge in [0, 0.05) is 42.0 Å². The van der Waals surface area contributed by atoms with Crippen LogP contribution >= 0.6 is 0 Å². The predicted molar refractivity (Wildman–Crippen MR) is 219 cm³/mol. The summed E-state index contributed by atoms with van der Waals surface area (Å²) in [6, 6.07) is 3.64. The lowest BCUT2D eigenvalue weighted by atomic mass is 9.71. The van der Waals surface area contributed by atoms with Crippen LogP contribution in [-0.2, 0) is 48.0 Å². The summed E-state index contributed by atoms with van der Waals surface area (Å²) in [5.41, 5.74) is 3.24. The van der Waals surface area contributed by atoms with Crippen molar-refractivity contribution in [3.8, 4) is 17.2 Å². The molecule has 11 atom stereocenters. The molecule has 23 nitrogen and oxygen atoms in total. The predicted octanol–water partition coefficient (Wildman–Crippen LogP) is -2.49. The molecule has 3 aromatic rings. The fourth-order valence-electron chi connectivity index (χ4n) is 8.58. The molecule has 0 radical (unpaired) electrons. The maximum atomic E-state index is 14.0. The minimum atomic E-state index is -2.02. The van der Waals surface area contributed by atoms with Gasteiger partial charge in [0.2, 0.25) is 5.78 Å². The summed E-state index contributed by atoms with van der Waals surface area (Å²) in [5.74, 6) is -2.75. The number of ether oxygens (including phenoxy) is 7. The first-order valence-electron chi connectivity index (χ1n) is 21.1. The molecule has 4 aliphatic rings. The number of fused-ring (bicyclic) bond motifs is 3. The van der Waals surface area contributed by atoms with Crippen LogP contribution in [0.5, 0.6) is 17.2 Å². The van der Waals surface area contributed by atoms with E-state index in [0.717, 1.165) is 0 Å². The second-order valence-electron chi connectivity index (χ2n) is 16.3. The van der Waals surface area contributed by atoms with Crippen LogP contribution in [0.15, 0.2) is 29.4 Å². The molecule has 11 N–H and O–H groups in total. The van der Waals surface area contributed by atoms with Crippen molar-refractivity contribution < 1.29 is 88.7 Å². The third-order valence-corrected chi connectivity index (χ3v) is 12.0. The highest BCUT2D eigenvalue weighted by Gasteiger charge is 2.50. The number of nitrogens with two attached hydrogens (primary N) is 1. The van der Waals surface area contributed by atoms with E-state index in [1.807, 2.05) is 0 Å². The Kier molecular flexibility index (Phi) is 15.3. The van der Waals surface area contributed by atoms with Gasteiger partial charge in [0.1, 0.15) is 53.0 Å². The Morgan fingerprint density at radius 3 is 2.34 bits per heavy atom. The molecule has 23 heteroatoms. The molecule has 356 valence electrons. The lowest BCUT2D eigenvalue weighted by molar-refractivity contribution is -0.284. The number of aromatic hydroxyl groups is 2. The number of ketones is 2. The fraction of sp³-hybridized carbons (Fsp3) is 0.595. The van der Waals surface area contributed by atoms with E-state index in [9.17, 15) is 55.5 Å². The smallest absolute Gasteiger partial charge is 0.202 e. The highest BCUT2D eigenvalue weighted by atomic mass is 16.7. The van der Waals surface area contributed by atoms with Gasteiger partial charge in [-0.25, -0.2) is 4.68 Å². The largest absolute Gasteiger partial charge is 0.507 e. The van der Waals surface area contributed by atoms with Crippen molar-refractivity contribution in [2.45, 2.75) is 106 Å². The van der Waals surface area contributed by atoms with Gasteiger partial charge >= 0.3 is 0 Å². The molecule has 1 aromatic heterocycles. The molecule has 0 amide bonds. The Bertz CT molecular complexity index is 2210. The van der Waals surface area contributed by atoms with E-state index >= 15 is 0 Å². The topological polar surface area (TPSA) is 350 Å². The zero-order chi connectivity index (χ0) is 46.7. The average Bonchev–Trinajstić information content (AvgIpc) is 3.73. The number of rotatable bonds is 18. The molecule has 65 heavy (non-hydrogen) atoms. The van der Waals surface area contributed by atoms with E-state index in [1.54, 1.807) is 6.92 Å². The Labute approximate surface area is 371 Å². The van der Waals surface area contributed by atoms with Gasteiger partial charge in [0.25, 0.3) is 0 Å². The zero-order valence-corrected chi connectivity index (χ0v) is 35.6. The van der Waals surface area contributed by atoms with E-state index in [-0.39, 0.29) is 99.3 Å². The van der Waals surface area contributed by atoms with Crippen LogP contribution in [0.4, 0.5) is 0 Å². The molecule has 2 saturated heterocycles. The van der Waals surface area contributed by atoms with E-state index < -0.39 is 114 Å². The molecule has 3 heterocycles. The standard InChI is InChI=1S/C42H55N5O18/c1-19-33(49)23(43)12-28(63-19)64-25-14-42(58,13-22-30(25)38(54)32-31(35(22)51)34(50)21-4-3-5-24(59-2)29(21)37(32)53)27(17-48)44-6-7-60-8-9-61-10-11-62-18-20-15-47(46-45-20)16-26-36(52)39(55)40(56)41(57)65-26/h3-5,15,19,23,25-26,28,33,36,39-41,48-49,51-52,54-58H,6-14,16-18,43H2,1-2H3/b44-27+/t19-,23-,25-,26-,28-,33-,36+,39-,40-,41+,42-/m0/s1. The van der Waals surface area contributed by atoms with Crippen molar-refractivity contribution in [3.05, 3.63) is 63.5 Å². The number of phenols is 2. The van der Waals surface area contributed by atoms with Crippen molar-refractivity contribution in [1.82, 2.24) is 15.0 Å². The summed E-state index contributed by atoms with van der Waals surface area (Å²) >= 11 is 0. The first kappa shape index (κ1) is 48.4. The summed E-state index contributed by atoms with van der Waals surface area (Å²) in [6.45, 7) is 1.72. The number of aliphatic imine (C=N–C) groups is 1. The summed E-state index contributed by atoms with van der Waals surface area (Å²) in [6.07, 6.45) is -10.8. The Balaban J connectivity index is 0.948. The maximum Gasteiger partial charge on any atom is 0.202 e. The Morgan fingerprint density at radius 1 is 0.923 bits per heavy atom. The molecule has 0 spiro atoms. The molecule has 7 rings (SSSR count). The fourth-order valence-corrected chi connectivity index (χ4v) is 8.58. The molecule has 0 unspecified atom stereocenters. The van der Waals surface area contributed by atoms with Crippen LogP contribution < -0.4 is 10.5 Å². The minimum Gasteiger partial charge on any atom is -0.507 e. The number of benzene rings is 2. The maximum absolute atomic E-state index is 14.0. The van der Waals surface area contributed by atoms with E-state index in [1.165, 1.54) is 36.2 Å². The number of carbonyl (C=O) groups excluding carboxylic acids is 2. The Hall–Kier alpha value is -4.57. The van der Waals surface area contributed by atoms with E-state index in [2.05, 4.69) is 15.3 Å². The second-order valence-corrected chi connectivity index (χ2v) is 16.3. The van der Waals surface area contributed by atoms with Crippen molar-refractivity contribution in [1.29, 1.82) is 0 Å². The lowest BCUT2D eigenvalue weighted by Crippen LogP contribution is -2.58. The van der Waals surface area contributed by atoms with Crippen LogP contribution in [0.25, 0.3) is 0 Å². The summed E-state index contributed by atoms with van der Waals surface area (Å²) in [5, 5.41) is 104. The van der Waals surface area contributed by atoms with Crippen LogP contribution in [0, 0.1) is 0 Å². The molecule has 2 aliphatic carbocycles. The number of aliphatic hydroxyl groups is 7. The number of phenolic OH excluding ortho intramolecular Hbond substituents is 2. The van der Waals surface area contributed by atoms with E-state index in [4.69, 9.17) is 38.9 Å². The monoisotopic (exact) mass is 917 g/mol. The van der Waals surface area contributed by atoms with Crippen molar-refractivity contribution in [3.63, 3.8) is 0 Å². The summed E-state index contributed by atoms with van der Waals surface area (Å²) in [7, 11) is 1.33. The van der Waals surface area contributed by atoms with Gasteiger partial charge in [-0.05, 0) is 13.0 Å². The summed E-state index contributed by atoms with van der Waals surface area (Å²) < 4.78 is 40.8. The average molecular weight is 918 g/mol. The first-order chi connectivity index (χ1) is 31.1. The molecule has 2 fully saturated rings. The van der Waals surface area contributed by atoms with Crippen LogP contribution in [0.2, 0.25) is 0 Å². The first-order valence-corrected chi connectivity index (χ1v) is 21.1. The number of aliphatic hydroxyl groups excluding tert-OH is 6. The normalized spacial score (nSPS) is 30.2. The number of nitrogens with zero attached hydrogens (tertiary/aromatic N) is 4. The minimum absolute atomic E-state index is 0.00733. The van der Waals surface area contributed by atoms with Gasteiger partial charge in [0.15, 0.2) is 18.4 Å². The highest BCUT2D eigenvalue weighted by Crippen LogP contribution is 2.52. The number of hydrogen-bond donors (Lipinski definition) is 10. The van der Waals surface area contributed by atoms with Gasteiger partial charge in [0.05, 0.1) is 113 Å². The molecule has 0 saturated carbocycles. The van der Waals surface area contributed by atoms with Crippen molar-refractivity contribution in [2.24, 2.45) is 10.7 Å². The van der Waals surface area contributed by atoms with Gasteiger partial charge in [-0.3, -0.25) is 14.6 Å². The Morgan fingerprint density at radius 2 is 1.63 bits per heavy atom. The van der Waals surface area contributed by atoms with E-state index in [0.29, 0.717) is 5.69 Å². The van der Waals surface area contributed by atoms with Gasteiger partial charge in [-0.2, -0.15) is 0 Å². The van der Waals surface area contributed by atoms with Crippen molar-refractivity contribution in [2.75, 3.05) is 53.3 Å². The van der Waals surface area contributed by atoms with Crippen LogP contribution in [-0.4, -0.2) is 192 Å². The van der Waals surface area contributed by atoms with Gasteiger partial charge in [-0.1, -0.05) is 17.3 Å². The molecule has 2 aromatic carbocycles. The molecule has 2 aliphatic heterocycles. The number of hydrogen-bond acceptors (Lipinski definition) is 22. The zero-order valence-electron chi connectivity index (χ0n) is 35.6. The number of aromatic nitrogens is 3. The summed E-state index contributed by atoms with van der Waals surface area (Å²) in [4.78, 5) is 32.4. The molecular formula is C42H55N5O18. The quantitative estimate of drug-likeness (QED) is 0.0280. The lowest BCUT2D eigenvalue weighted by Gasteiger charge is -2.43. The molecule has 0 bridgehead atoms.